The molecular weight excluding hydrogens is 214 g/mol. The molecule has 0 unspecified atom stereocenters. The summed E-state index contributed by atoms with van der Waals surface area (Å²) in [6.45, 7) is 1.70. The first kappa shape index (κ1) is 11.6. The van der Waals surface area contributed by atoms with E-state index in [0.717, 1.165) is 0 Å². The zero-order valence-corrected chi connectivity index (χ0v) is 9.11. The van der Waals surface area contributed by atoms with Crippen molar-refractivity contribution in [1.29, 1.82) is 0 Å². The van der Waals surface area contributed by atoms with Crippen molar-refractivity contribution in [2.24, 2.45) is 5.11 Å². The minimum atomic E-state index is -3.33. The first-order valence-corrected chi connectivity index (χ1v) is 6.02. The molecule has 15 heavy (non-hydrogen) atoms. The van der Waals surface area contributed by atoms with Gasteiger partial charge in [0.15, 0.2) is 9.84 Å². The highest BCUT2D eigenvalue weighted by Crippen LogP contribution is 2.15. The van der Waals surface area contributed by atoms with Gasteiger partial charge in [0, 0.05) is 11.5 Å². The van der Waals surface area contributed by atoms with Crippen LogP contribution in [0.1, 0.15) is 5.56 Å². The van der Waals surface area contributed by atoms with Crippen molar-refractivity contribution in [3.05, 3.63) is 40.3 Å². The van der Waals surface area contributed by atoms with Crippen LogP contribution in [0.15, 0.2) is 34.3 Å². The van der Waals surface area contributed by atoms with Gasteiger partial charge in [-0.1, -0.05) is 23.3 Å². The molecule has 0 heterocycles. The molecule has 6 heteroatoms. The average Bonchev–Trinajstić information content (AvgIpc) is 2.18. The van der Waals surface area contributed by atoms with E-state index in [-0.39, 0.29) is 12.3 Å². The van der Waals surface area contributed by atoms with Crippen LogP contribution in [0.5, 0.6) is 0 Å². The summed E-state index contributed by atoms with van der Waals surface area (Å²) in [6, 6.07) is 6.75. The van der Waals surface area contributed by atoms with E-state index in [4.69, 9.17) is 5.53 Å². The Hall–Kier alpha value is -1.52. The van der Waals surface area contributed by atoms with Gasteiger partial charge >= 0.3 is 0 Å². The van der Waals surface area contributed by atoms with Crippen LogP contribution in [0, 0.1) is 6.92 Å². The molecule has 0 saturated carbocycles. The van der Waals surface area contributed by atoms with Crippen molar-refractivity contribution in [2.45, 2.75) is 11.8 Å². The second-order valence-corrected chi connectivity index (χ2v) is 5.12. The van der Waals surface area contributed by atoms with E-state index in [0.29, 0.717) is 10.5 Å². The topological polar surface area (TPSA) is 82.9 Å². The first-order valence-electron chi connectivity index (χ1n) is 4.37. The summed E-state index contributed by atoms with van der Waals surface area (Å²) in [5.41, 5.74) is 8.76. The van der Waals surface area contributed by atoms with Gasteiger partial charge in [-0.05, 0) is 24.1 Å². The van der Waals surface area contributed by atoms with E-state index < -0.39 is 9.84 Å². The zero-order chi connectivity index (χ0) is 11.3. The van der Waals surface area contributed by atoms with Crippen molar-refractivity contribution >= 4 is 9.84 Å². The molecule has 0 aliphatic heterocycles. The van der Waals surface area contributed by atoms with Gasteiger partial charge in [0.2, 0.25) is 0 Å². The van der Waals surface area contributed by atoms with Crippen LogP contribution < -0.4 is 0 Å². The molecule has 0 N–H and O–H groups in total. The molecule has 0 aliphatic carbocycles. The van der Waals surface area contributed by atoms with Crippen molar-refractivity contribution in [1.82, 2.24) is 0 Å². The number of rotatable bonds is 4. The highest BCUT2D eigenvalue weighted by atomic mass is 32.2. The molecule has 1 aromatic rings. The minimum absolute atomic E-state index is 0.0346. The van der Waals surface area contributed by atoms with Crippen LogP contribution in [-0.4, -0.2) is 20.7 Å². The van der Waals surface area contributed by atoms with Crippen LogP contribution >= 0.6 is 0 Å². The molecular formula is C9H11N3O2S. The highest BCUT2D eigenvalue weighted by Gasteiger charge is 2.15. The molecule has 0 fully saturated rings. The number of hydrogen-bond donors (Lipinski definition) is 0. The highest BCUT2D eigenvalue weighted by molar-refractivity contribution is 7.91. The maximum atomic E-state index is 11.7. The monoisotopic (exact) mass is 225 g/mol. The van der Waals surface area contributed by atoms with Gasteiger partial charge in [0.25, 0.3) is 0 Å². The van der Waals surface area contributed by atoms with Gasteiger partial charge < -0.3 is 0 Å². The molecule has 1 aromatic carbocycles. The molecule has 0 spiro atoms. The van der Waals surface area contributed by atoms with E-state index >= 15 is 0 Å². The fourth-order valence-corrected chi connectivity index (χ4v) is 2.61. The summed E-state index contributed by atoms with van der Waals surface area (Å²) >= 11 is 0. The van der Waals surface area contributed by atoms with Gasteiger partial charge in [-0.25, -0.2) is 8.42 Å². The fourth-order valence-electron chi connectivity index (χ4n) is 1.22. The summed E-state index contributed by atoms with van der Waals surface area (Å²) < 4.78 is 23.5. The molecule has 0 aliphatic rings. The molecule has 0 amide bonds. The number of aryl methyl sites for hydroxylation is 1. The molecule has 0 atom stereocenters. The third kappa shape index (κ3) is 2.97. The summed E-state index contributed by atoms with van der Waals surface area (Å²) in [6.07, 6.45) is 0. The predicted molar refractivity (Wildman–Crippen MR) is 57.2 cm³/mol. The van der Waals surface area contributed by atoms with Crippen LogP contribution in [0.2, 0.25) is 0 Å². The molecule has 5 nitrogen and oxygen atoms in total. The standard InChI is InChI=1S/C9H11N3O2S/c1-8-4-2-3-5-9(8)15(13,14)7-6-11-12-10/h2-5H,6-7H2,1H3. The normalized spacial score (nSPS) is 10.7. The van der Waals surface area contributed by atoms with Gasteiger partial charge in [0.05, 0.1) is 10.6 Å². The minimum Gasteiger partial charge on any atom is -0.224 e. The van der Waals surface area contributed by atoms with Crippen molar-refractivity contribution < 1.29 is 8.42 Å². The number of nitrogens with zero attached hydrogens (tertiary/aromatic N) is 3. The number of hydrogen-bond acceptors (Lipinski definition) is 3. The van der Waals surface area contributed by atoms with Crippen LogP contribution in [0.3, 0.4) is 0 Å². The lowest BCUT2D eigenvalue weighted by Gasteiger charge is -2.05. The lowest BCUT2D eigenvalue weighted by atomic mass is 10.2. The van der Waals surface area contributed by atoms with Crippen molar-refractivity contribution in [2.75, 3.05) is 12.3 Å². The van der Waals surface area contributed by atoms with Crippen molar-refractivity contribution in [3.63, 3.8) is 0 Å². The van der Waals surface area contributed by atoms with E-state index in [1.165, 1.54) is 0 Å². The summed E-state index contributed by atoms with van der Waals surface area (Å²) in [4.78, 5) is 2.82. The van der Waals surface area contributed by atoms with Crippen molar-refractivity contribution in [3.8, 4) is 0 Å². The summed E-state index contributed by atoms with van der Waals surface area (Å²) in [5.74, 6) is -0.151. The molecule has 0 radical (unpaired) electrons. The molecule has 1 rings (SSSR count). The Morgan fingerprint density at radius 1 is 1.40 bits per heavy atom. The number of benzene rings is 1. The van der Waals surface area contributed by atoms with Crippen LogP contribution in [0.25, 0.3) is 10.4 Å². The summed E-state index contributed by atoms with van der Waals surface area (Å²) in [7, 11) is -3.33. The van der Waals surface area contributed by atoms with Crippen LogP contribution in [-0.2, 0) is 9.84 Å². The van der Waals surface area contributed by atoms with E-state index in [1.54, 1.807) is 31.2 Å². The number of azide groups is 1. The Balaban J connectivity index is 2.96. The maximum Gasteiger partial charge on any atom is 0.178 e. The Morgan fingerprint density at radius 3 is 2.67 bits per heavy atom. The molecule has 0 aromatic heterocycles. The van der Waals surface area contributed by atoms with Gasteiger partial charge in [-0.3, -0.25) is 0 Å². The van der Waals surface area contributed by atoms with E-state index in [2.05, 4.69) is 10.0 Å². The lowest BCUT2D eigenvalue weighted by molar-refractivity contribution is 0.595. The maximum absolute atomic E-state index is 11.7. The SMILES string of the molecule is Cc1ccccc1S(=O)(=O)CCN=[N+]=[N-]. The smallest absolute Gasteiger partial charge is 0.178 e. The Bertz CT molecular complexity index is 490. The third-order valence-electron chi connectivity index (χ3n) is 1.95. The van der Waals surface area contributed by atoms with E-state index in [9.17, 15) is 8.42 Å². The molecule has 0 saturated heterocycles. The second kappa shape index (κ2) is 4.82. The Kier molecular flexibility index (Phi) is 3.71. The van der Waals surface area contributed by atoms with Gasteiger partial charge in [-0.15, -0.1) is 0 Å². The fraction of sp³-hybridized carbons (Fsp3) is 0.333. The Morgan fingerprint density at radius 2 is 2.07 bits per heavy atom. The van der Waals surface area contributed by atoms with Gasteiger partial charge in [0.1, 0.15) is 0 Å². The Labute approximate surface area is 88.3 Å². The second-order valence-electron chi connectivity index (χ2n) is 3.04. The third-order valence-corrected chi connectivity index (χ3v) is 3.80. The van der Waals surface area contributed by atoms with Crippen LogP contribution in [0.4, 0.5) is 0 Å². The van der Waals surface area contributed by atoms with Gasteiger partial charge in [-0.2, -0.15) is 0 Å². The summed E-state index contributed by atoms with van der Waals surface area (Å²) in [5, 5.41) is 3.21. The lowest BCUT2D eigenvalue weighted by Crippen LogP contribution is -2.10. The van der Waals surface area contributed by atoms with E-state index in [1.807, 2.05) is 0 Å². The zero-order valence-electron chi connectivity index (χ0n) is 8.29. The first-order chi connectivity index (χ1) is 7.08. The molecule has 80 valence electrons. The largest absolute Gasteiger partial charge is 0.224 e. The quantitative estimate of drug-likeness (QED) is 0.446. The average molecular weight is 225 g/mol. The molecule has 0 bridgehead atoms. The predicted octanol–water partition coefficient (Wildman–Crippen LogP) is 2.08. The number of sulfone groups is 1.